The van der Waals surface area contributed by atoms with Gasteiger partial charge in [-0.1, -0.05) is 20.8 Å². The van der Waals surface area contributed by atoms with Gasteiger partial charge in [-0.3, -0.25) is 4.79 Å². The van der Waals surface area contributed by atoms with Gasteiger partial charge in [0, 0.05) is 11.5 Å². The van der Waals surface area contributed by atoms with E-state index in [1.165, 1.54) is 0 Å². The van der Waals surface area contributed by atoms with Crippen molar-refractivity contribution in [2.45, 2.75) is 59.4 Å². The number of hydrogen-bond acceptors (Lipinski definition) is 2. The molecule has 1 fully saturated rings. The van der Waals surface area contributed by atoms with E-state index in [1.807, 2.05) is 0 Å². The van der Waals surface area contributed by atoms with E-state index < -0.39 is 0 Å². The largest absolute Gasteiger partial charge is 0.351 e. The van der Waals surface area contributed by atoms with E-state index in [2.05, 4.69) is 45.3 Å². The molecule has 1 aliphatic rings. The predicted molar refractivity (Wildman–Crippen MR) is 79.1 cm³/mol. The molecule has 1 amide bonds. The Bertz CT molecular complexity index is 265. The average molecular weight is 277 g/mol. The molecule has 2 N–H and O–H groups in total. The number of hydrogen-bond donors (Lipinski definition) is 2. The monoisotopic (exact) mass is 276 g/mol. The first kappa shape index (κ1) is 17.7. The van der Waals surface area contributed by atoms with Crippen molar-refractivity contribution in [3.63, 3.8) is 0 Å². The van der Waals surface area contributed by atoms with Gasteiger partial charge in [0.15, 0.2) is 0 Å². The SMILES string of the molecule is CC(C)(C)CC(C)(C)NC(=O)C1CCNCC1.Cl. The van der Waals surface area contributed by atoms with Crippen molar-refractivity contribution in [2.75, 3.05) is 13.1 Å². The summed E-state index contributed by atoms with van der Waals surface area (Å²) in [6.45, 7) is 12.8. The number of rotatable bonds is 3. The van der Waals surface area contributed by atoms with Gasteiger partial charge in [-0.2, -0.15) is 0 Å². The van der Waals surface area contributed by atoms with Crippen LogP contribution in [-0.4, -0.2) is 24.5 Å². The lowest BCUT2D eigenvalue weighted by atomic mass is 9.81. The summed E-state index contributed by atoms with van der Waals surface area (Å²) in [6.07, 6.45) is 2.94. The fourth-order valence-corrected chi connectivity index (χ4v) is 2.89. The lowest BCUT2D eigenvalue weighted by Gasteiger charge is -2.35. The Morgan fingerprint density at radius 1 is 1.17 bits per heavy atom. The summed E-state index contributed by atoms with van der Waals surface area (Å²) in [7, 11) is 0. The molecule has 4 heteroatoms. The lowest BCUT2D eigenvalue weighted by Crippen LogP contribution is -2.49. The molecule has 18 heavy (non-hydrogen) atoms. The Labute approximate surface area is 118 Å². The number of nitrogens with one attached hydrogen (secondary N) is 2. The third-order valence-corrected chi connectivity index (χ3v) is 3.14. The minimum atomic E-state index is -0.111. The number of carbonyl (C=O) groups is 1. The van der Waals surface area contributed by atoms with Crippen molar-refractivity contribution in [1.82, 2.24) is 10.6 Å². The highest BCUT2D eigenvalue weighted by molar-refractivity contribution is 5.85. The first-order valence-electron chi connectivity index (χ1n) is 6.72. The maximum Gasteiger partial charge on any atom is 0.223 e. The molecule has 0 aliphatic carbocycles. The van der Waals surface area contributed by atoms with Crippen molar-refractivity contribution in [3.05, 3.63) is 0 Å². The Morgan fingerprint density at radius 3 is 2.11 bits per heavy atom. The Morgan fingerprint density at radius 2 is 1.67 bits per heavy atom. The molecule has 0 aromatic carbocycles. The van der Waals surface area contributed by atoms with E-state index in [-0.39, 0.29) is 35.2 Å². The van der Waals surface area contributed by atoms with Crippen LogP contribution in [0.5, 0.6) is 0 Å². The molecule has 1 saturated heterocycles. The van der Waals surface area contributed by atoms with Crippen LogP contribution in [0.1, 0.15) is 53.9 Å². The van der Waals surface area contributed by atoms with Crippen molar-refractivity contribution >= 4 is 18.3 Å². The van der Waals surface area contributed by atoms with E-state index in [1.54, 1.807) is 0 Å². The standard InChI is InChI=1S/C14H28N2O.ClH/c1-13(2,3)10-14(4,5)16-12(17)11-6-8-15-9-7-11;/h11,15H,6-10H2,1-5H3,(H,16,17);1H. The van der Waals surface area contributed by atoms with Gasteiger partial charge in [0.25, 0.3) is 0 Å². The second-order valence-corrected chi connectivity index (χ2v) is 7.13. The molecule has 3 nitrogen and oxygen atoms in total. The topological polar surface area (TPSA) is 41.1 Å². The number of halogens is 1. The van der Waals surface area contributed by atoms with E-state index in [4.69, 9.17) is 0 Å². The van der Waals surface area contributed by atoms with Crippen LogP contribution in [0, 0.1) is 11.3 Å². The molecule has 0 unspecified atom stereocenters. The van der Waals surface area contributed by atoms with Crippen LogP contribution in [0.25, 0.3) is 0 Å². The summed E-state index contributed by atoms with van der Waals surface area (Å²) in [4.78, 5) is 12.2. The maximum atomic E-state index is 12.2. The van der Waals surface area contributed by atoms with Crippen molar-refractivity contribution < 1.29 is 4.79 Å². The van der Waals surface area contributed by atoms with E-state index in [9.17, 15) is 4.79 Å². The van der Waals surface area contributed by atoms with Crippen molar-refractivity contribution in [1.29, 1.82) is 0 Å². The molecule has 1 heterocycles. The quantitative estimate of drug-likeness (QED) is 0.832. The van der Waals surface area contributed by atoms with Crippen LogP contribution in [0.2, 0.25) is 0 Å². The summed E-state index contributed by atoms with van der Waals surface area (Å²) < 4.78 is 0. The van der Waals surface area contributed by atoms with Crippen LogP contribution in [0.15, 0.2) is 0 Å². The van der Waals surface area contributed by atoms with E-state index in [0.717, 1.165) is 32.4 Å². The lowest BCUT2D eigenvalue weighted by molar-refractivity contribution is -0.127. The fraction of sp³-hybridized carbons (Fsp3) is 0.929. The normalized spacial score (nSPS) is 18.1. The highest BCUT2D eigenvalue weighted by Crippen LogP contribution is 2.27. The number of carbonyl (C=O) groups excluding carboxylic acids is 1. The molecular weight excluding hydrogens is 248 g/mol. The summed E-state index contributed by atoms with van der Waals surface area (Å²) >= 11 is 0. The second kappa shape index (κ2) is 6.76. The molecule has 0 saturated carbocycles. The number of piperidine rings is 1. The van der Waals surface area contributed by atoms with Gasteiger partial charge in [-0.25, -0.2) is 0 Å². The minimum absolute atomic E-state index is 0. The van der Waals surface area contributed by atoms with Gasteiger partial charge in [0.05, 0.1) is 0 Å². The summed E-state index contributed by atoms with van der Waals surface area (Å²) in [5, 5.41) is 6.51. The molecule has 0 atom stereocenters. The van der Waals surface area contributed by atoms with Gasteiger partial charge in [0.2, 0.25) is 5.91 Å². The molecule has 0 aromatic rings. The average Bonchev–Trinajstić information content (AvgIpc) is 2.14. The first-order chi connectivity index (χ1) is 7.70. The maximum absolute atomic E-state index is 12.2. The van der Waals surface area contributed by atoms with Crippen LogP contribution in [0.4, 0.5) is 0 Å². The van der Waals surface area contributed by atoms with Crippen LogP contribution >= 0.6 is 12.4 Å². The third-order valence-electron chi connectivity index (χ3n) is 3.14. The summed E-state index contributed by atoms with van der Waals surface area (Å²) in [5.74, 6) is 0.441. The number of amides is 1. The van der Waals surface area contributed by atoms with E-state index in [0.29, 0.717) is 0 Å². The highest BCUT2D eigenvalue weighted by Gasteiger charge is 2.30. The van der Waals surface area contributed by atoms with Gasteiger partial charge in [-0.05, 0) is 51.6 Å². The molecule has 108 valence electrons. The molecule has 0 bridgehead atoms. The van der Waals surface area contributed by atoms with Crippen LogP contribution in [-0.2, 0) is 4.79 Å². The molecule has 1 rings (SSSR count). The zero-order valence-electron chi connectivity index (χ0n) is 12.4. The fourth-order valence-electron chi connectivity index (χ4n) is 2.89. The van der Waals surface area contributed by atoms with Crippen molar-refractivity contribution in [3.8, 4) is 0 Å². The third kappa shape index (κ3) is 6.60. The minimum Gasteiger partial charge on any atom is -0.351 e. The van der Waals surface area contributed by atoms with Crippen molar-refractivity contribution in [2.24, 2.45) is 11.3 Å². The van der Waals surface area contributed by atoms with Crippen LogP contribution < -0.4 is 10.6 Å². The molecule has 0 aromatic heterocycles. The smallest absolute Gasteiger partial charge is 0.223 e. The van der Waals surface area contributed by atoms with Crippen LogP contribution in [0.3, 0.4) is 0 Å². The first-order valence-corrected chi connectivity index (χ1v) is 6.72. The Kier molecular flexibility index (Phi) is 6.66. The summed E-state index contributed by atoms with van der Waals surface area (Å²) in [5.41, 5.74) is 0.130. The zero-order valence-corrected chi connectivity index (χ0v) is 13.2. The molecule has 0 spiro atoms. The van der Waals surface area contributed by atoms with Gasteiger partial charge in [0.1, 0.15) is 0 Å². The van der Waals surface area contributed by atoms with Gasteiger partial charge < -0.3 is 10.6 Å². The Balaban J connectivity index is 0.00000289. The zero-order chi connectivity index (χ0) is 13.1. The summed E-state index contributed by atoms with van der Waals surface area (Å²) in [6, 6.07) is 0. The highest BCUT2D eigenvalue weighted by atomic mass is 35.5. The van der Waals surface area contributed by atoms with Gasteiger partial charge in [-0.15, -0.1) is 12.4 Å². The predicted octanol–water partition coefficient (Wildman–Crippen LogP) is 2.74. The molecular formula is C14H29ClN2O. The Hall–Kier alpha value is -0.280. The van der Waals surface area contributed by atoms with Gasteiger partial charge >= 0.3 is 0 Å². The van der Waals surface area contributed by atoms with E-state index >= 15 is 0 Å². The second-order valence-electron chi connectivity index (χ2n) is 7.13. The molecule has 0 radical (unpaired) electrons. The molecule has 1 aliphatic heterocycles.